The molecule has 2 rings (SSSR count). The molecule has 0 aliphatic heterocycles. The average molecular weight is 266 g/mol. The number of phenols is 1. The first-order valence-corrected chi connectivity index (χ1v) is 9.88. The van der Waals surface area contributed by atoms with Crippen LogP contribution in [0.1, 0.15) is 5.56 Å². The molecule has 0 spiro atoms. The topological polar surface area (TPSA) is 20.2 Å². The Labute approximate surface area is 115 Å². The first-order valence-electron chi connectivity index (χ1n) is 6.38. The van der Waals surface area contributed by atoms with Crippen molar-refractivity contribution in [2.75, 3.05) is 0 Å². The fourth-order valence-electron chi connectivity index (χ4n) is 1.75. The Morgan fingerprint density at radius 2 is 1.58 bits per heavy atom. The van der Waals surface area contributed by atoms with E-state index in [1.807, 2.05) is 48.5 Å². The maximum atomic E-state index is 10.4. The molecule has 2 aromatic rings. The van der Waals surface area contributed by atoms with Gasteiger partial charge in [-0.3, -0.25) is 0 Å². The largest absolute Gasteiger partial charge is 0.506 e. The second-order valence-corrected chi connectivity index (χ2v) is 10.3. The second kappa shape index (κ2) is 5.34. The lowest BCUT2D eigenvalue weighted by molar-refractivity contribution is 0.476. The molecular weight excluding hydrogens is 248 g/mol. The van der Waals surface area contributed by atoms with E-state index in [-0.39, 0.29) is 5.75 Å². The maximum absolute atomic E-state index is 10.4. The van der Waals surface area contributed by atoms with E-state index in [0.717, 1.165) is 11.1 Å². The molecule has 0 aliphatic carbocycles. The van der Waals surface area contributed by atoms with Gasteiger partial charge in [-0.05, 0) is 11.6 Å². The zero-order chi connectivity index (χ0) is 13.9. The summed E-state index contributed by atoms with van der Waals surface area (Å²) in [6, 6.07) is 15.6. The van der Waals surface area contributed by atoms with E-state index in [2.05, 4.69) is 31.1 Å². The minimum Gasteiger partial charge on any atom is -0.506 e. The van der Waals surface area contributed by atoms with Gasteiger partial charge in [-0.25, -0.2) is 0 Å². The van der Waals surface area contributed by atoms with Crippen molar-refractivity contribution in [2.24, 2.45) is 0 Å². The number of aromatic hydroxyl groups is 1. The molecule has 0 fully saturated rings. The third kappa shape index (κ3) is 3.49. The minimum absolute atomic E-state index is 0.277. The lowest BCUT2D eigenvalue weighted by Gasteiger charge is -2.07. The van der Waals surface area contributed by atoms with Gasteiger partial charge in [-0.1, -0.05) is 68.0 Å². The van der Waals surface area contributed by atoms with Crippen LogP contribution in [-0.2, 0) is 0 Å². The summed E-state index contributed by atoms with van der Waals surface area (Å²) in [4.78, 5) is 0. The van der Waals surface area contributed by atoms with Crippen molar-refractivity contribution in [3.05, 3.63) is 54.1 Å². The Morgan fingerprint density at radius 3 is 2.21 bits per heavy atom. The van der Waals surface area contributed by atoms with E-state index in [1.165, 1.54) is 0 Å². The Balaban J connectivity index is 2.47. The summed E-state index contributed by atoms with van der Waals surface area (Å²) in [5.74, 6) is 3.40. The Morgan fingerprint density at radius 1 is 0.895 bits per heavy atom. The van der Waals surface area contributed by atoms with Crippen LogP contribution in [0.5, 0.6) is 5.75 Å². The van der Waals surface area contributed by atoms with Crippen molar-refractivity contribution < 1.29 is 5.11 Å². The summed E-state index contributed by atoms with van der Waals surface area (Å²) < 4.78 is 0. The van der Waals surface area contributed by atoms with Gasteiger partial charge in [-0.2, -0.15) is 0 Å². The number of benzene rings is 2. The van der Waals surface area contributed by atoms with Crippen molar-refractivity contribution >= 4 is 8.07 Å². The summed E-state index contributed by atoms with van der Waals surface area (Å²) in [7, 11) is -1.43. The second-order valence-electron chi connectivity index (χ2n) is 5.57. The van der Waals surface area contributed by atoms with Gasteiger partial charge in [0.05, 0.1) is 5.56 Å². The molecule has 0 atom stereocenters. The predicted octanol–water partition coefficient (Wildman–Crippen LogP) is 4.29. The van der Waals surface area contributed by atoms with Gasteiger partial charge >= 0.3 is 0 Å². The molecule has 19 heavy (non-hydrogen) atoms. The van der Waals surface area contributed by atoms with Crippen molar-refractivity contribution in [1.29, 1.82) is 0 Å². The highest BCUT2D eigenvalue weighted by atomic mass is 28.3. The highest BCUT2D eigenvalue weighted by molar-refractivity contribution is 6.83. The van der Waals surface area contributed by atoms with Gasteiger partial charge in [-0.15, -0.1) is 5.54 Å². The number of hydrogen-bond acceptors (Lipinski definition) is 1. The molecule has 1 N–H and O–H groups in total. The smallest absolute Gasteiger partial charge is 0.138 e. The highest BCUT2D eigenvalue weighted by Crippen LogP contribution is 2.31. The fourth-order valence-corrected chi connectivity index (χ4v) is 2.26. The molecule has 0 saturated carbocycles. The summed E-state index contributed by atoms with van der Waals surface area (Å²) in [6.45, 7) is 6.58. The normalized spacial score (nSPS) is 10.7. The van der Waals surface area contributed by atoms with Crippen LogP contribution in [0.15, 0.2) is 48.5 Å². The molecule has 2 aromatic carbocycles. The van der Waals surface area contributed by atoms with E-state index < -0.39 is 8.07 Å². The average Bonchev–Trinajstić information content (AvgIpc) is 2.37. The summed E-state index contributed by atoms with van der Waals surface area (Å²) in [6.07, 6.45) is 0. The maximum Gasteiger partial charge on any atom is 0.138 e. The van der Waals surface area contributed by atoms with Crippen LogP contribution in [0.2, 0.25) is 19.6 Å². The van der Waals surface area contributed by atoms with Crippen molar-refractivity contribution in [1.82, 2.24) is 0 Å². The van der Waals surface area contributed by atoms with Crippen LogP contribution in [0.25, 0.3) is 11.1 Å². The molecule has 0 aliphatic rings. The zero-order valence-electron chi connectivity index (χ0n) is 11.6. The van der Waals surface area contributed by atoms with E-state index in [9.17, 15) is 5.11 Å². The molecular formula is C17H18OSi. The molecule has 0 amide bonds. The minimum atomic E-state index is -1.43. The monoisotopic (exact) mass is 266 g/mol. The standard InChI is InChI=1S/C17H18OSi/c1-19(2,3)13-12-15-10-7-11-16(17(15)18)14-8-5-4-6-9-14/h4-11,18H,1-3H3. The molecule has 0 unspecified atom stereocenters. The van der Waals surface area contributed by atoms with Crippen LogP contribution >= 0.6 is 0 Å². The predicted molar refractivity (Wildman–Crippen MR) is 83.8 cm³/mol. The van der Waals surface area contributed by atoms with E-state index >= 15 is 0 Å². The zero-order valence-corrected chi connectivity index (χ0v) is 12.6. The molecule has 0 radical (unpaired) electrons. The van der Waals surface area contributed by atoms with Crippen LogP contribution in [0, 0.1) is 11.5 Å². The fraction of sp³-hybridized carbons (Fsp3) is 0.176. The summed E-state index contributed by atoms with van der Waals surface area (Å²) >= 11 is 0. The summed E-state index contributed by atoms with van der Waals surface area (Å²) in [5.41, 5.74) is 5.85. The number of phenolic OH excluding ortho intramolecular Hbond substituents is 1. The number of rotatable bonds is 1. The van der Waals surface area contributed by atoms with E-state index in [0.29, 0.717) is 5.56 Å². The van der Waals surface area contributed by atoms with Crippen LogP contribution < -0.4 is 0 Å². The number of para-hydroxylation sites is 1. The lowest BCUT2D eigenvalue weighted by Crippen LogP contribution is -2.16. The molecule has 0 aromatic heterocycles. The molecule has 1 nitrogen and oxygen atoms in total. The molecule has 0 saturated heterocycles. The van der Waals surface area contributed by atoms with Crippen LogP contribution in [0.3, 0.4) is 0 Å². The van der Waals surface area contributed by atoms with E-state index in [4.69, 9.17) is 0 Å². The Hall–Kier alpha value is -1.98. The van der Waals surface area contributed by atoms with Gasteiger partial charge in [0.15, 0.2) is 0 Å². The van der Waals surface area contributed by atoms with Gasteiger partial charge < -0.3 is 5.11 Å². The quantitative estimate of drug-likeness (QED) is 0.603. The van der Waals surface area contributed by atoms with Crippen molar-refractivity contribution in [3.8, 4) is 28.3 Å². The van der Waals surface area contributed by atoms with Crippen LogP contribution in [0.4, 0.5) is 0 Å². The van der Waals surface area contributed by atoms with Crippen molar-refractivity contribution in [3.63, 3.8) is 0 Å². The highest BCUT2D eigenvalue weighted by Gasteiger charge is 2.10. The first-order chi connectivity index (χ1) is 8.97. The van der Waals surface area contributed by atoms with Crippen LogP contribution in [-0.4, -0.2) is 13.2 Å². The molecule has 96 valence electrons. The Bertz CT molecular complexity index is 628. The molecule has 0 heterocycles. The van der Waals surface area contributed by atoms with Gasteiger partial charge in [0.25, 0.3) is 0 Å². The first kappa shape index (κ1) is 13.4. The van der Waals surface area contributed by atoms with Gasteiger partial charge in [0.2, 0.25) is 0 Å². The van der Waals surface area contributed by atoms with Gasteiger partial charge in [0, 0.05) is 5.56 Å². The summed E-state index contributed by atoms with van der Waals surface area (Å²) in [5, 5.41) is 10.4. The third-order valence-corrected chi connectivity index (χ3v) is 3.57. The SMILES string of the molecule is C[Si](C)(C)C#Cc1cccc(-c2ccccc2)c1O. The molecule has 2 heteroatoms. The lowest BCUT2D eigenvalue weighted by atomic mass is 10.0. The number of hydrogen-bond donors (Lipinski definition) is 1. The third-order valence-electron chi connectivity index (χ3n) is 2.69. The Kier molecular flexibility index (Phi) is 3.78. The van der Waals surface area contributed by atoms with Crippen molar-refractivity contribution in [2.45, 2.75) is 19.6 Å². The van der Waals surface area contributed by atoms with Gasteiger partial charge in [0.1, 0.15) is 13.8 Å². The van der Waals surface area contributed by atoms with E-state index in [1.54, 1.807) is 0 Å². The molecule has 0 bridgehead atoms.